The number of likely N-dealkylation sites (tertiary alicyclic amines) is 1. The van der Waals surface area contributed by atoms with Crippen molar-refractivity contribution in [3.63, 3.8) is 0 Å². The number of aromatic nitrogens is 1. The van der Waals surface area contributed by atoms with Gasteiger partial charge in [0, 0.05) is 27.6 Å². The number of hydrogen-bond donors (Lipinski definition) is 3. The number of carboxylic acids is 1. The lowest BCUT2D eigenvalue weighted by Crippen LogP contribution is -2.34. The molecule has 4 aromatic rings. The van der Waals surface area contributed by atoms with Gasteiger partial charge in [0.15, 0.2) is 11.5 Å². The number of carbonyl (C=O) groups excluding carboxylic acids is 1. The second-order valence-corrected chi connectivity index (χ2v) is 14.4. The number of thiophene rings is 1. The summed E-state index contributed by atoms with van der Waals surface area (Å²) in [7, 11) is 6.71. The number of halogens is 2. The van der Waals surface area contributed by atoms with Crippen molar-refractivity contribution < 1.29 is 43.6 Å². The highest BCUT2D eigenvalue weighted by molar-refractivity contribution is 7.14. The molecule has 14 heteroatoms. The van der Waals surface area contributed by atoms with Crippen LogP contribution in [0.5, 0.6) is 17.2 Å². The van der Waals surface area contributed by atoms with E-state index < -0.39 is 23.9 Å². The maximum atomic E-state index is 13.7. The lowest BCUT2D eigenvalue weighted by atomic mass is 9.85. The van der Waals surface area contributed by atoms with Crippen molar-refractivity contribution in [1.29, 1.82) is 0 Å². The van der Waals surface area contributed by atoms with Crippen LogP contribution < -0.4 is 24.3 Å². The Hall–Kier alpha value is -4.07. The summed E-state index contributed by atoms with van der Waals surface area (Å²) < 4.78 is 23.1. The largest absolute Gasteiger partial charge is 0.497 e. The third kappa shape index (κ3) is 9.43. The first-order valence-electron chi connectivity index (χ1n) is 16.4. The van der Waals surface area contributed by atoms with Crippen LogP contribution in [0.4, 0.5) is 0 Å². The molecule has 2 aromatic heterocycles. The molecule has 2 aromatic carbocycles. The lowest BCUT2D eigenvalue weighted by molar-refractivity contribution is -0.904. The number of rotatable bonds is 15. The van der Waals surface area contributed by atoms with Crippen LogP contribution in [0.15, 0.2) is 60.9 Å². The van der Waals surface area contributed by atoms with Crippen molar-refractivity contribution in [3.8, 4) is 17.2 Å². The molecule has 3 N–H and O–H groups in total. The minimum atomic E-state index is -1.10. The quantitative estimate of drug-likeness (QED) is 0.0712. The van der Waals surface area contributed by atoms with E-state index in [1.807, 2.05) is 24.3 Å². The molecule has 11 nitrogen and oxygen atoms in total. The van der Waals surface area contributed by atoms with E-state index in [0.29, 0.717) is 45.4 Å². The Morgan fingerprint density at radius 3 is 2.33 bits per heavy atom. The molecular formula is C37H42Cl2N3O8S+. The summed E-state index contributed by atoms with van der Waals surface area (Å²) in [5, 5.41) is 24.2. The number of ether oxygens (including phenoxy) is 4. The van der Waals surface area contributed by atoms with Crippen LogP contribution in [0, 0.1) is 5.92 Å². The number of carbonyl (C=O) groups is 2. The SMILES string of the molecule is COc1cccc(C(NCc2cc([C@@H](Cc3c(Cl)c[n+](O)cc3Cl)c3ccc(OC)c(OC)c3)c(C(=O)O)s2)C(=O)OCC2CCN(C)CC2)c1. The Morgan fingerprint density at radius 2 is 1.69 bits per heavy atom. The van der Waals surface area contributed by atoms with E-state index in [1.165, 1.54) is 26.6 Å². The number of pyridine rings is 1. The average molecular weight is 760 g/mol. The van der Waals surface area contributed by atoms with Gasteiger partial charge in [0.2, 0.25) is 12.4 Å². The highest BCUT2D eigenvalue weighted by atomic mass is 35.5. The number of nitrogens with zero attached hydrogens (tertiary/aromatic N) is 2. The third-order valence-corrected chi connectivity index (χ3v) is 10.9. The van der Waals surface area contributed by atoms with Crippen molar-refractivity contribution in [2.45, 2.75) is 37.8 Å². The van der Waals surface area contributed by atoms with E-state index >= 15 is 0 Å². The highest BCUT2D eigenvalue weighted by Crippen LogP contribution is 2.41. The average Bonchev–Trinajstić information content (AvgIpc) is 3.55. The summed E-state index contributed by atoms with van der Waals surface area (Å²) in [4.78, 5) is 29.5. The summed E-state index contributed by atoms with van der Waals surface area (Å²) in [5.41, 5.74) is 2.44. The van der Waals surface area contributed by atoms with Crippen LogP contribution in [0.25, 0.3) is 0 Å². The van der Waals surface area contributed by atoms with E-state index in [0.717, 1.165) is 47.6 Å². The van der Waals surface area contributed by atoms with Gasteiger partial charge in [-0.1, -0.05) is 41.4 Å². The molecule has 1 fully saturated rings. The molecule has 2 atom stereocenters. The van der Waals surface area contributed by atoms with Gasteiger partial charge in [0.05, 0.1) is 27.9 Å². The zero-order valence-electron chi connectivity index (χ0n) is 28.9. The van der Waals surface area contributed by atoms with Gasteiger partial charge >= 0.3 is 11.9 Å². The monoisotopic (exact) mass is 758 g/mol. The lowest BCUT2D eigenvalue weighted by Gasteiger charge is -2.29. The molecule has 1 aliphatic rings. The molecule has 0 aliphatic carbocycles. The van der Waals surface area contributed by atoms with E-state index in [-0.39, 0.29) is 33.8 Å². The Labute approximate surface area is 311 Å². The molecule has 0 radical (unpaired) electrons. The van der Waals surface area contributed by atoms with Gasteiger partial charge in [-0.15, -0.1) is 11.3 Å². The standard InChI is InChI=1S/C37H41Cl2N3O8S/c1-41-12-10-22(11-13-41)21-50-37(45)34(24-6-5-7-25(14-24)47-2)40-18-26-16-28(35(51-26)36(43)44)27(17-29-30(38)19-42(46)20-31(29)39)23-8-9-32(48-3)33(15-23)49-4/h5-9,14-16,19-20,22,27,34,40H,10-13,17-18,21H2,1-4H3,(H-,43,44,46)/p+1/t27-,34?/m0/s1. The maximum absolute atomic E-state index is 13.7. The predicted octanol–water partition coefficient (Wildman–Crippen LogP) is 6.39. The van der Waals surface area contributed by atoms with E-state index in [9.17, 15) is 19.9 Å². The van der Waals surface area contributed by atoms with E-state index in [4.69, 9.17) is 42.1 Å². The van der Waals surface area contributed by atoms with Crippen molar-refractivity contribution >= 4 is 46.5 Å². The Kier molecular flexibility index (Phi) is 13.0. The zero-order valence-corrected chi connectivity index (χ0v) is 31.2. The Balaban J connectivity index is 1.48. The van der Waals surface area contributed by atoms with Crippen molar-refractivity contribution in [1.82, 2.24) is 10.2 Å². The minimum Gasteiger partial charge on any atom is -0.497 e. The number of aromatic carboxylic acids is 1. The minimum absolute atomic E-state index is 0.120. The van der Waals surface area contributed by atoms with Crippen LogP contribution >= 0.6 is 34.5 Å². The smallest absolute Gasteiger partial charge is 0.346 e. The fourth-order valence-corrected chi connectivity index (χ4v) is 7.88. The molecule has 1 aliphatic heterocycles. The second-order valence-electron chi connectivity index (χ2n) is 12.5. The van der Waals surface area contributed by atoms with Gasteiger partial charge < -0.3 is 29.0 Å². The first-order valence-corrected chi connectivity index (χ1v) is 18.0. The molecule has 5 rings (SSSR count). The van der Waals surface area contributed by atoms with Crippen molar-refractivity contribution in [2.75, 3.05) is 48.1 Å². The fraction of sp³-hybridized carbons (Fsp3) is 0.378. The Morgan fingerprint density at radius 1 is 0.980 bits per heavy atom. The summed E-state index contributed by atoms with van der Waals surface area (Å²) in [6.07, 6.45) is 4.75. The molecule has 1 unspecified atom stereocenters. The van der Waals surface area contributed by atoms with Crippen LogP contribution in [-0.4, -0.2) is 75.2 Å². The van der Waals surface area contributed by atoms with E-state index in [2.05, 4.69) is 17.3 Å². The summed E-state index contributed by atoms with van der Waals surface area (Å²) >= 11 is 14.2. The first-order chi connectivity index (χ1) is 24.5. The number of carboxylic acid groups (broad SMARTS) is 1. The summed E-state index contributed by atoms with van der Waals surface area (Å²) in [6.45, 7) is 2.42. The summed E-state index contributed by atoms with van der Waals surface area (Å²) in [5.74, 6) is -0.223. The zero-order chi connectivity index (χ0) is 36.7. The number of nitrogens with one attached hydrogen (secondary N) is 1. The topological polar surface area (TPSA) is 131 Å². The van der Waals surface area contributed by atoms with Crippen LogP contribution in [0.1, 0.15) is 61.6 Å². The van der Waals surface area contributed by atoms with Crippen molar-refractivity contribution in [2.24, 2.45) is 5.92 Å². The molecule has 0 spiro atoms. The van der Waals surface area contributed by atoms with Gasteiger partial charge in [0.25, 0.3) is 0 Å². The number of methoxy groups -OCH3 is 3. The molecule has 3 heterocycles. The first kappa shape index (κ1) is 38.2. The molecule has 0 amide bonds. The number of piperidine rings is 1. The van der Waals surface area contributed by atoms with Gasteiger partial charge in [-0.05, 0) is 92.3 Å². The number of esters is 1. The summed E-state index contributed by atoms with van der Waals surface area (Å²) in [6, 6.07) is 13.6. The predicted molar refractivity (Wildman–Crippen MR) is 194 cm³/mol. The molecular weight excluding hydrogens is 717 g/mol. The van der Waals surface area contributed by atoms with Crippen molar-refractivity contribution in [3.05, 3.63) is 103 Å². The van der Waals surface area contributed by atoms with Crippen LogP contribution in [0.2, 0.25) is 10.0 Å². The van der Waals surface area contributed by atoms with Crippen LogP contribution in [0.3, 0.4) is 0 Å². The fourth-order valence-electron chi connectivity index (χ4n) is 6.26. The highest BCUT2D eigenvalue weighted by Gasteiger charge is 2.30. The molecule has 0 bridgehead atoms. The molecule has 51 heavy (non-hydrogen) atoms. The van der Waals surface area contributed by atoms with Crippen LogP contribution in [-0.2, 0) is 22.5 Å². The normalized spacial score (nSPS) is 14.9. The van der Waals surface area contributed by atoms with Gasteiger partial charge in [-0.3, -0.25) is 10.5 Å². The molecule has 0 saturated carbocycles. The van der Waals surface area contributed by atoms with Gasteiger partial charge in [-0.2, -0.15) is 0 Å². The Bertz CT molecular complexity index is 1820. The van der Waals surface area contributed by atoms with E-state index in [1.54, 1.807) is 31.4 Å². The third-order valence-electron chi connectivity index (χ3n) is 9.11. The van der Waals surface area contributed by atoms with Gasteiger partial charge in [0.1, 0.15) is 26.7 Å². The molecule has 1 saturated heterocycles. The second kappa shape index (κ2) is 17.4. The number of hydrogen-bond acceptors (Lipinski definition) is 10. The van der Waals surface area contributed by atoms with Gasteiger partial charge in [-0.25, -0.2) is 9.59 Å². The number of benzene rings is 2. The maximum Gasteiger partial charge on any atom is 0.346 e. The molecule has 272 valence electrons.